The number of ether oxygens (including phenoxy) is 1. The third-order valence-corrected chi connectivity index (χ3v) is 6.24. The highest BCUT2D eigenvalue weighted by molar-refractivity contribution is 5.77. The molecule has 1 amide bonds. The van der Waals surface area contributed by atoms with Crippen molar-refractivity contribution in [3.63, 3.8) is 0 Å². The highest BCUT2D eigenvalue weighted by Crippen LogP contribution is 2.32. The fourth-order valence-electron chi connectivity index (χ4n) is 4.45. The highest BCUT2D eigenvalue weighted by atomic mass is 16.5. The molecule has 0 radical (unpaired) electrons. The molecule has 0 saturated heterocycles. The van der Waals surface area contributed by atoms with Crippen LogP contribution in [0.4, 0.5) is 0 Å². The van der Waals surface area contributed by atoms with Crippen LogP contribution < -0.4 is 5.73 Å². The Labute approximate surface area is 190 Å². The molecule has 1 aliphatic rings. The van der Waals surface area contributed by atoms with Crippen LogP contribution in [0.15, 0.2) is 42.9 Å². The molecule has 3 heterocycles. The van der Waals surface area contributed by atoms with Gasteiger partial charge in [0.05, 0.1) is 31.2 Å². The van der Waals surface area contributed by atoms with Gasteiger partial charge in [0.2, 0.25) is 5.91 Å². The molecule has 5 rings (SSSR count). The zero-order valence-electron chi connectivity index (χ0n) is 18.5. The van der Waals surface area contributed by atoms with Crippen LogP contribution in [0.5, 0.6) is 0 Å². The van der Waals surface area contributed by atoms with E-state index in [-0.39, 0.29) is 11.8 Å². The molecule has 10 heteroatoms. The molecule has 1 aliphatic carbocycles. The Kier molecular flexibility index (Phi) is 5.82. The number of nitrogens with zero attached hydrogens (tertiary/aromatic N) is 7. The summed E-state index contributed by atoms with van der Waals surface area (Å²) in [5.41, 5.74) is 9.67. The zero-order valence-corrected chi connectivity index (χ0v) is 18.5. The van der Waals surface area contributed by atoms with Crippen molar-refractivity contribution < 1.29 is 9.53 Å². The van der Waals surface area contributed by atoms with Crippen LogP contribution in [-0.4, -0.2) is 54.4 Å². The summed E-state index contributed by atoms with van der Waals surface area (Å²) in [5.74, 6) is 0.854. The van der Waals surface area contributed by atoms with Crippen LogP contribution >= 0.6 is 0 Å². The molecule has 3 aromatic heterocycles. The maximum absolute atomic E-state index is 11.5. The number of hydrogen-bond donors (Lipinski definition) is 1. The Morgan fingerprint density at radius 2 is 2.15 bits per heavy atom. The number of carbonyl (C=O) groups excluding carboxylic acids is 1. The highest BCUT2D eigenvalue weighted by Gasteiger charge is 2.29. The maximum Gasteiger partial charge on any atom is 0.220 e. The molecule has 4 aromatic rings. The maximum atomic E-state index is 11.5. The van der Waals surface area contributed by atoms with Crippen molar-refractivity contribution in [1.29, 1.82) is 0 Å². The number of hydrogen-bond acceptors (Lipinski definition) is 7. The second-order valence-electron chi connectivity index (χ2n) is 8.51. The van der Waals surface area contributed by atoms with Gasteiger partial charge >= 0.3 is 0 Å². The smallest absolute Gasteiger partial charge is 0.220 e. The largest absolute Gasteiger partial charge is 0.383 e. The third kappa shape index (κ3) is 4.47. The number of carbonyl (C=O) groups is 1. The monoisotopic (exact) mass is 446 g/mol. The van der Waals surface area contributed by atoms with Crippen LogP contribution in [-0.2, 0) is 22.5 Å². The van der Waals surface area contributed by atoms with E-state index in [1.165, 1.54) is 0 Å². The number of primary amides is 1. The average Bonchev–Trinajstić information content (AvgIpc) is 3.57. The van der Waals surface area contributed by atoms with E-state index in [1.807, 2.05) is 41.3 Å². The SMILES string of the molecule is COCCn1cc(-c2cccc(-n3nnc4cnc(C[C@@H]5CC[C@@H](C(N)=O)C5)nc43)c2)cn1. The van der Waals surface area contributed by atoms with Crippen molar-refractivity contribution in [1.82, 2.24) is 34.7 Å². The van der Waals surface area contributed by atoms with Crippen LogP contribution in [0.3, 0.4) is 0 Å². The number of rotatable bonds is 8. The van der Waals surface area contributed by atoms with Gasteiger partial charge in [-0.15, -0.1) is 5.10 Å². The predicted molar refractivity (Wildman–Crippen MR) is 121 cm³/mol. The van der Waals surface area contributed by atoms with Gasteiger partial charge in [-0.3, -0.25) is 9.48 Å². The van der Waals surface area contributed by atoms with Gasteiger partial charge in [-0.05, 0) is 42.9 Å². The van der Waals surface area contributed by atoms with Crippen molar-refractivity contribution in [2.75, 3.05) is 13.7 Å². The molecule has 170 valence electrons. The van der Waals surface area contributed by atoms with E-state index in [0.29, 0.717) is 36.7 Å². The summed E-state index contributed by atoms with van der Waals surface area (Å²) in [5, 5.41) is 13.0. The summed E-state index contributed by atoms with van der Waals surface area (Å²) < 4.78 is 8.72. The topological polar surface area (TPSA) is 127 Å². The summed E-state index contributed by atoms with van der Waals surface area (Å²) in [6, 6.07) is 8.04. The molecule has 1 fully saturated rings. The Balaban J connectivity index is 1.40. The molecule has 10 nitrogen and oxygen atoms in total. The van der Waals surface area contributed by atoms with Gasteiger partial charge in [-0.25, -0.2) is 9.97 Å². The number of methoxy groups -OCH3 is 1. The van der Waals surface area contributed by atoms with Crippen molar-refractivity contribution in [3.05, 3.63) is 48.7 Å². The van der Waals surface area contributed by atoms with Gasteiger partial charge in [0.25, 0.3) is 0 Å². The van der Waals surface area contributed by atoms with E-state index in [1.54, 1.807) is 18.0 Å². The quantitative estimate of drug-likeness (QED) is 0.439. The first-order chi connectivity index (χ1) is 16.1. The van der Waals surface area contributed by atoms with Crippen molar-refractivity contribution >= 4 is 17.1 Å². The molecular weight excluding hydrogens is 420 g/mol. The Morgan fingerprint density at radius 1 is 1.24 bits per heavy atom. The lowest BCUT2D eigenvalue weighted by molar-refractivity contribution is -0.121. The third-order valence-electron chi connectivity index (χ3n) is 6.24. The lowest BCUT2D eigenvalue weighted by atomic mass is 10.0. The molecule has 33 heavy (non-hydrogen) atoms. The Bertz CT molecular complexity index is 1280. The van der Waals surface area contributed by atoms with Gasteiger partial charge in [-0.1, -0.05) is 17.3 Å². The standard InChI is InChI=1S/C23H26N8O2/c1-33-8-7-30-14-18(12-26-30)16-3-2-4-19(11-16)31-23-20(28-29-31)13-25-21(27-23)10-15-5-6-17(9-15)22(24)32/h2-4,11-15,17H,5-10H2,1H3,(H2,24,32)/t15-,17-/m1/s1. The van der Waals surface area contributed by atoms with Gasteiger partial charge in [0, 0.05) is 31.2 Å². The number of aromatic nitrogens is 7. The van der Waals surface area contributed by atoms with Gasteiger partial charge in [-0.2, -0.15) is 9.78 Å². The van der Waals surface area contributed by atoms with Gasteiger partial charge in [0.1, 0.15) is 5.82 Å². The molecule has 1 aromatic carbocycles. The van der Waals surface area contributed by atoms with Crippen molar-refractivity contribution in [2.45, 2.75) is 32.2 Å². The van der Waals surface area contributed by atoms with Crippen molar-refractivity contribution in [3.8, 4) is 16.8 Å². The predicted octanol–water partition coefficient (Wildman–Crippen LogP) is 2.16. The summed E-state index contributed by atoms with van der Waals surface area (Å²) in [4.78, 5) is 20.7. The normalized spacial score (nSPS) is 18.2. The Morgan fingerprint density at radius 3 is 2.97 bits per heavy atom. The van der Waals surface area contributed by atoms with E-state index >= 15 is 0 Å². The molecule has 0 unspecified atom stereocenters. The van der Waals surface area contributed by atoms with Crippen LogP contribution in [0.1, 0.15) is 25.1 Å². The Hall–Kier alpha value is -3.66. The van der Waals surface area contributed by atoms with Crippen LogP contribution in [0.25, 0.3) is 28.0 Å². The molecule has 1 saturated carbocycles. The van der Waals surface area contributed by atoms with E-state index in [0.717, 1.165) is 41.9 Å². The van der Waals surface area contributed by atoms with E-state index in [2.05, 4.69) is 20.4 Å². The molecule has 2 N–H and O–H groups in total. The van der Waals surface area contributed by atoms with Gasteiger partial charge < -0.3 is 10.5 Å². The van der Waals surface area contributed by atoms with E-state index < -0.39 is 0 Å². The zero-order chi connectivity index (χ0) is 22.8. The molecular formula is C23H26N8O2. The molecule has 0 aliphatic heterocycles. The lowest BCUT2D eigenvalue weighted by Crippen LogP contribution is -2.21. The first-order valence-corrected chi connectivity index (χ1v) is 11.1. The number of amides is 1. The minimum atomic E-state index is -0.208. The minimum absolute atomic E-state index is 0.0347. The van der Waals surface area contributed by atoms with Crippen molar-refractivity contribution in [2.24, 2.45) is 17.6 Å². The summed E-state index contributed by atoms with van der Waals surface area (Å²) in [7, 11) is 1.68. The lowest BCUT2D eigenvalue weighted by Gasteiger charge is -2.09. The molecule has 0 spiro atoms. The second-order valence-corrected chi connectivity index (χ2v) is 8.51. The number of fused-ring (bicyclic) bond motifs is 1. The second kappa shape index (κ2) is 9.07. The first kappa shape index (κ1) is 21.2. The number of benzene rings is 1. The van der Waals surface area contributed by atoms with E-state index in [4.69, 9.17) is 15.5 Å². The number of nitrogens with two attached hydrogens (primary N) is 1. The van der Waals surface area contributed by atoms with Crippen LogP contribution in [0.2, 0.25) is 0 Å². The van der Waals surface area contributed by atoms with Gasteiger partial charge in [0.15, 0.2) is 11.2 Å². The fraction of sp³-hybridized carbons (Fsp3) is 0.391. The van der Waals surface area contributed by atoms with Crippen LogP contribution in [0, 0.1) is 11.8 Å². The molecule has 0 bridgehead atoms. The summed E-state index contributed by atoms with van der Waals surface area (Å²) in [6.45, 7) is 1.31. The van der Waals surface area contributed by atoms with E-state index in [9.17, 15) is 4.79 Å². The summed E-state index contributed by atoms with van der Waals surface area (Å²) in [6.07, 6.45) is 8.88. The first-order valence-electron chi connectivity index (χ1n) is 11.1. The minimum Gasteiger partial charge on any atom is -0.383 e. The average molecular weight is 447 g/mol. The fourth-order valence-corrected chi connectivity index (χ4v) is 4.45. The molecule has 2 atom stereocenters. The summed E-state index contributed by atoms with van der Waals surface area (Å²) >= 11 is 0.